The predicted octanol–water partition coefficient (Wildman–Crippen LogP) is 4.13. The number of nitrogens with one attached hydrogen (secondary N) is 1. The van der Waals surface area contributed by atoms with Crippen LogP contribution < -0.4 is 5.32 Å². The lowest BCUT2D eigenvalue weighted by molar-refractivity contribution is 0.417. The lowest BCUT2D eigenvalue weighted by Crippen LogP contribution is -2.24. The molecule has 0 spiro atoms. The van der Waals surface area contributed by atoms with Crippen molar-refractivity contribution in [1.29, 1.82) is 0 Å². The minimum Gasteiger partial charge on any atom is -0.316 e. The minimum atomic E-state index is 0.734. The molecule has 0 aromatic heterocycles. The van der Waals surface area contributed by atoms with Gasteiger partial charge in [-0.2, -0.15) is 0 Å². The molecule has 0 unspecified atom stereocenters. The summed E-state index contributed by atoms with van der Waals surface area (Å²) in [6, 6.07) is 0. The monoisotopic (exact) mass is 211 g/mol. The molecule has 0 heterocycles. The van der Waals surface area contributed by atoms with Crippen LogP contribution in [-0.2, 0) is 0 Å². The molecule has 0 aromatic rings. The van der Waals surface area contributed by atoms with E-state index in [1.54, 1.807) is 0 Å². The zero-order chi connectivity index (χ0) is 11.0. The van der Waals surface area contributed by atoms with Crippen LogP contribution in [0.1, 0.15) is 71.6 Å². The second-order valence-corrected chi connectivity index (χ2v) is 5.34. The third-order valence-electron chi connectivity index (χ3n) is 3.69. The van der Waals surface area contributed by atoms with Crippen LogP contribution in [0.5, 0.6) is 0 Å². The van der Waals surface area contributed by atoms with Gasteiger partial charge in [0.05, 0.1) is 0 Å². The van der Waals surface area contributed by atoms with Crippen molar-refractivity contribution in [2.45, 2.75) is 71.6 Å². The Bertz CT molecular complexity index is 149. The van der Waals surface area contributed by atoms with Crippen molar-refractivity contribution in [1.82, 2.24) is 5.32 Å². The summed E-state index contributed by atoms with van der Waals surface area (Å²) in [7, 11) is 0. The third-order valence-corrected chi connectivity index (χ3v) is 3.69. The Morgan fingerprint density at radius 3 is 2.27 bits per heavy atom. The van der Waals surface area contributed by atoms with Gasteiger partial charge in [0.25, 0.3) is 0 Å². The van der Waals surface area contributed by atoms with Crippen LogP contribution in [0.2, 0.25) is 0 Å². The van der Waals surface area contributed by atoms with Crippen LogP contribution >= 0.6 is 0 Å². The quantitative estimate of drug-likeness (QED) is 0.536. The Hall–Kier alpha value is -0.0400. The summed E-state index contributed by atoms with van der Waals surface area (Å²) < 4.78 is 0. The summed E-state index contributed by atoms with van der Waals surface area (Å²) in [5.41, 5.74) is 0.734. The fourth-order valence-electron chi connectivity index (χ4n) is 2.43. The van der Waals surface area contributed by atoms with Gasteiger partial charge in [-0.15, -0.1) is 0 Å². The number of rotatable bonds is 10. The second-order valence-electron chi connectivity index (χ2n) is 5.34. The first kappa shape index (κ1) is 13.0. The highest BCUT2D eigenvalue weighted by atomic mass is 14.9. The standard InChI is InChI=1S/C14H29N/c1-3-5-6-7-8-12-15-13-14(9-4-2)10-11-14/h15H,3-13H2,1-2H3. The summed E-state index contributed by atoms with van der Waals surface area (Å²) in [5, 5.41) is 3.65. The van der Waals surface area contributed by atoms with E-state index in [9.17, 15) is 0 Å². The van der Waals surface area contributed by atoms with E-state index in [4.69, 9.17) is 0 Å². The lowest BCUT2D eigenvalue weighted by atomic mass is 10.0. The molecule has 0 amide bonds. The van der Waals surface area contributed by atoms with Gasteiger partial charge in [-0.1, -0.05) is 46.0 Å². The first-order valence-corrected chi connectivity index (χ1v) is 7.04. The minimum absolute atomic E-state index is 0.734. The normalized spacial score (nSPS) is 18.0. The Labute approximate surface area is 96.0 Å². The molecular formula is C14H29N. The second kappa shape index (κ2) is 7.27. The summed E-state index contributed by atoms with van der Waals surface area (Å²) in [6.45, 7) is 7.12. The molecule has 1 aliphatic carbocycles. The first-order chi connectivity index (χ1) is 7.33. The highest BCUT2D eigenvalue weighted by Crippen LogP contribution is 2.48. The van der Waals surface area contributed by atoms with Crippen molar-refractivity contribution in [2.75, 3.05) is 13.1 Å². The first-order valence-electron chi connectivity index (χ1n) is 7.04. The number of hydrogen-bond acceptors (Lipinski definition) is 1. The molecule has 1 aliphatic rings. The molecule has 1 nitrogen and oxygen atoms in total. The molecule has 1 fully saturated rings. The zero-order valence-corrected chi connectivity index (χ0v) is 10.8. The topological polar surface area (TPSA) is 12.0 Å². The summed E-state index contributed by atoms with van der Waals surface area (Å²) in [4.78, 5) is 0. The molecule has 1 rings (SSSR count). The van der Waals surface area contributed by atoms with Crippen LogP contribution in [-0.4, -0.2) is 13.1 Å². The maximum Gasteiger partial charge on any atom is 0.000781 e. The van der Waals surface area contributed by atoms with Crippen LogP contribution in [0, 0.1) is 5.41 Å². The molecule has 0 saturated heterocycles. The van der Waals surface area contributed by atoms with Crippen molar-refractivity contribution < 1.29 is 0 Å². The van der Waals surface area contributed by atoms with Crippen molar-refractivity contribution in [3.63, 3.8) is 0 Å². The summed E-state index contributed by atoms with van der Waals surface area (Å²) in [6.07, 6.45) is 12.7. The highest BCUT2D eigenvalue weighted by Gasteiger charge is 2.40. The van der Waals surface area contributed by atoms with Gasteiger partial charge in [0.15, 0.2) is 0 Å². The Morgan fingerprint density at radius 2 is 1.67 bits per heavy atom. The van der Waals surface area contributed by atoms with Gasteiger partial charge in [0.1, 0.15) is 0 Å². The molecule has 90 valence electrons. The van der Waals surface area contributed by atoms with E-state index in [0.717, 1.165) is 5.41 Å². The van der Waals surface area contributed by atoms with E-state index in [0.29, 0.717) is 0 Å². The molecule has 0 atom stereocenters. The van der Waals surface area contributed by atoms with Crippen LogP contribution in [0.25, 0.3) is 0 Å². The van der Waals surface area contributed by atoms with E-state index >= 15 is 0 Å². The van der Waals surface area contributed by atoms with Crippen molar-refractivity contribution in [3.8, 4) is 0 Å². The maximum absolute atomic E-state index is 3.65. The van der Waals surface area contributed by atoms with Crippen molar-refractivity contribution >= 4 is 0 Å². The summed E-state index contributed by atoms with van der Waals surface area (Å²) in [5.74, 6) is 0. The largest absolute Gasteiger partial charge is 0.316 e. The van der Waals surface area contributed by atoms with Crippen molar-refractivity contribution in [2.24, 2.45) is 5.41 Å². The molecule has 15 heavy (non-hydrogen) atoms. The van der Waals surface area contributed by atoms with Crippen LogP contribution in [0.4, 0.5) is 0 Å². The van der Waals surface area contributed by atoms with E-state index < -0.39 is 0 Å². The Kier molecular flexibility index (Phi) is 6.31. The summed E-state index contributed by atoms with van der Waals surface area (Å²) >= 11 is 0. The third kappa shape index (κ3) is 5.55. The lowest BCUT2D eigenvalue weighted by Gasteiger charge is -2.14. The van der Waals surface area contributed by atoms with Gasteiger partial charge in [0.2, 0.25) is 0 Å². The van der Waals surface area contributed by atoms with Gasteiger partial charge in [-0.3, -0.25) is 0 Å². The molecule has 0 aromatic carbocycles. The molecule has 0 aliphatic heterocycles. The smallest absolute Gasteiger partial charge is 0.000781 e. The van der Waals surface area contributed by atoms with E-state index in [1.807, 2.05) is 0 Å². The van der Waals surface area contributed by atoms with E-state index in [-0.39, 0.29) is 0 Å². The van der Waals surface area contributed by atoms with Gasteiger partial charge < -0.3 is 5.32 Å². The van der Waals surface area contributed by atoms with Crippen molar-refractivity contribution in [3.05, 3.63) is 0 Å². The van der Waals surface area contributed by atoms with Gasteiger partial charge in [0, 0.05) is 6.54 Å². The maximum atomic E-state index is 3.65. The number of hydrogen-bond donors (Lipinski definition) is 1. The molecule has 1 heteroatoms. The fourth-order valence-corrected chi connectivity index (χ4v) is 2.43. The van der Waals surface area contributed by atoms with E-state index in [1.165, 1.54) is 70.9 Å². The average Bonchev–Trinajstić information content (AvgIpc) is 2.98. The number of unbranched alkanes of at least 4 members (excludes halogenated alkanes) is 4. The van der Waals surface area contributed by atoms with Gasteiger partial charge in [-0.05, 0) is 37.6 Å². The predicted molar refractivity (Wildman–Crippen MR) is 68.2 cm³/mol. The SMILES string of the molecule is CCCCCCCNCC1(CCC)CC1. The molecule has 0 bridgehead atoms. The molecule has 0 radical (unpaired) electrons. The average molecular weight is 211 g/mol. The van der Waals surface area contributed by atoms with Gasteiger partial charge >= 0.3 is 0 Å². The molecule has 1 saturated carbocycles. The van der Waals surface area contributed by atoms with Crippen LogP contribution in [0.3, 0.4) is 0 Å². The Morgan fingerprint density at radius 1 is 0.933 bits per heavy atom. The molecular weight excluding hydrogens is 182 g/mol. The highest BCUT2D eigenvalue weighted by molar-refractivity contribution is 4.94. The van der Waals surface area contributed by atoms with Gasteiger partial charge in [-0.25, -0.2) is 0 Å². The Balaban J connectivity index is 1.84. The van der Waals surface area contributed by atoms with E-state index in [2.05, 4.69) is 19.2 Å². The van der Waals surface area contributed by atoms with Crippen LogP contribution in [0.15, 0.2) is 0 Å². The fraction of sp³-hybridized carbons (Fsp3) is 1.00. The molecule has 1 N–H and O–H groups in total. The zero-order valence-electron chi connectivity index (χ0n) is 10.8.